The highest BCUT2D eigenvalue weighted by Crippen LogP contribution is 2.26. The number of nitrogens with zero attached hydrogens (tertiary/aromatic N) is 1. The molecule has 0 unspecified atom stereocenters. The number of nitrogens with one attached hydrogen (secondary N) is 1. The first kappa shape index (κ1) is 14.4. The number of rotatable bonds is 3. The van der Waals surface area contributed by atoms with Crippen molar-refractivity contribution in [2.24, 2.45) is 0 Å². The molecule has 0 radical (unpaired) electrons. The number of carboxylic acid groups (broad SMARTS) is 1. The number of carboxylic acids is 1. The van der Waals surface area contributed by atoms with Crippen molar-refractivity contribution >= 4 is 33.4 Å². The Morgan fingerprint density at radius 2 is 1.95 bits per heavy atom. The summed E-state index contributed by atoms with van der Waals surface area (Å²) in [6.07, 6.45) is 0. The third kappa shape index (κ3) is 3.11. The molecule has 0 atom stereocenters. The molecule has 0 spiro atoms. The number of hydrogen-bond donors (Lipinski definition) is 2. The molecular formula is C13H9BrF2N2O2. The Hall–Kier alpha value is -2.02. The van der Waals surface area contributed by atoms with Crippen molar-refractivity contribution in [1.29, 1.82) is 0 Å². The van der Waals surface area contributed by atoms with Crippen LogP contribution in [0.2, 0.25) is 0 Å². The van der Waals surface area contributed by atoms with Gasteiger partial charge in [0.15, 0.2) is 0 Å². The van der Waals surface area contributed by atoms with E-state index >= 15 is 0 Å². The second kappa shape index (κ2) is 5.54. The highest BCUT2D eigenvalue weighted by molar-refractivity contribution is 9.10. The molecule has 20 heavy (non-hydrogen) atoms. The summed E-state index contributed by atoms with van der Waals surface area (Å²) < 4.78 is 27.1. The summed E-state index contributed by atoms with van der Waals surface area (Å²) >= 11 is 2.87. The van der Waals surface area contributed by atoms with E-state index in [1.165, 1.54) is 12.1 Å². The van der Waals surface area contributed by atoms with Crippen LogP contribution >= 0.6 is 15.9 Å². The van der Waals surface area contributed by atoms with Crippen LogP contribution in [0.15, 0.2) is 28.7 Å². The number of benzene rings is 1. The Bertz CT molecular complexity index is 692. The first-order chi connectivity index (χ1) is 9.36. The van der Waals surface area contributed by atoms with Crippen molar-refractivity contribution in [2.75, 3.05) is 5.32 Å². The molecule has 2 aromatic rings. The second-order valence-electron chi connectivity index (χ2n) is 4.06. The van der Waals surface area contributed by atoms with Crippen LogP contribution in [0, 0.1) is 18.6 Å². The van der Waals surface area contributed by atoms with Gasteiger partial charge >= 0.3 is 5.97 Å². The molecule has 104 valence electrons. The fraction of sp³-hybridized carbons (Fsp3) is 0.0769. The number of aromatic carboxylic acids is 1. The van der Waals surface area contributed by atoms with E-state index in [9.17, 15) is 13.6 Å². The van der Waals surface area contributed by atoms with Crippen molar-refractivity contribution in [3.05, 3.63) is 51.6 Å². The van der Waals surface area contributed by atoms with Gasteiger partial charge in [-0.2, -0.15) is 0 Å². The molecule has 0 bridgehead atoms. The molecule has 0 saturated heterocycles. The van der Waals surface area contributed by atoms with Crippen molar-refractivity contribution in [3.63, 3.8) is 0 Å². The average molecular weight is 343 g/mol. The van der Waals surface area contributed by atoms with Crippen LogP contribution in [-0.4, -0.2) is 16.1 Å². The summed E-state index contributed by atoms with van der Waals surface area (Å²) in [6, 6.07) is 4.57. The third-order valence-corrected chi connectivity index (χ3v) is 3.08. The van der Waals surface area contributed by atoms with Crippen LogP contribution < -0.4 is 5.32 Å². The van der Waals surface area contributed by atoms with Crippen molar-refractivity contribution in [1.82, 2.24) is 4.98 Å². The molecule has 1 aromatic carbocycles. The lowest BCUT2D eigenvalue weighted by molar-refractivity contribution is 0.0696. The molecule has 0 aliphatic heterocycles. The fourth-order valence-electron chi connectivity index (χ4n) is 1.61. The normalized spacial score (nSPS) is 10.4. The van der Waals surface area contributed by atoms with Crippen molar-refractivity contribution in [3.8, 4) is 0 Å². The Kier molecular flexibility index (Phi) is 3.99. The summed E-state index contributed by atoms with van der Waals surface area (Å²) in [5.74, 6) is -2.32. The van der Waals surface area contributed by atoms with Crippen molar-refractivity contribution < 1.29 is 18.7 Å². The molecule has 1 aromatic heterocycles. The minimum Gasteiger partial charge on any atom is -0.478 e. The fourth-order valence-corrected chi connectivity index (χ4v) is 1.93. The van der Waals surface area contributed by atoms with E-state index in [4.69, 9.17) is 5.11 Å². The summed E-state index contributed by atoms with van der Waals surface area (Å²) in [6.45, 7) is 1.61. The molecular weight excluding hydrogens is 334 g/mol. The van der Waals surface area contributed by atoms with E-state index in [1.807, 2.05) is 0 Å². The number of hydrogen-bond acceptors (Lipinski definition) is 3. The lowest BCUT2D eigenvalue weighted by atomic mass is 10.2. The molecule has 7 heteroatoms. The van der Waals surface area contributed by atoms with Gasteiger partial charge in [0.1, 0.15) is 17.5 Å². The van der Waals surface area contributed by atoms with Crippen LogP contribution in [0.5, 0.6) is 0 Å². The number of carbonyl (C=O) groups is 1. The van der Waals surface area contributed by atoms with Gasteiger partial charge in [-0.1, -0.05) is 0 Å². The topological polar surface area (TPSA) is 62.2 Å². The Labute approximate surface area is 121 Å². The average Bonchev–Trinajstić information content (AvgIpc) is 2.35. The first-order valence-corrected chi connectivity index (χ1v) is 6.29. The van der Waals surface area contributed by atoms with Crippen LogP contribution in [-0.2, 0) is 0 Å². The van der Waals surface area contributed by atoms with Gasteiger partial charge in [0.05, 0.1) is 15.7 Å². The largest absolute Gasteiger partial charge is 0.478 e. The number of aryl methyl sites for hydroxylation is 1. The quantitative estimate of drug-likeness (QED) is 0.831. The first-order valence-electron chi connectivity index (χ1n) is 5.50. The number of pyridine rings is 1. The lowest BCUT2D eigenvalue weighted by Crippen LogP contribution is -2.03. The molecule has 0 fully saturated rings. The predicted octanol–water partition coefficient (Wildman–Crippen LogP) is 3.87. The minimum absolute atomic E-state index is 0.00368. The third-order valence-electron chi connectivity index (χ3n) is 2.47. The van der Waals surface area contributed by atoms with Gasteiger partial charge < -0.3 is 10.4 Å². The Balaban J connectivity index is 2.40. The number of aromatic nitrogens is 1. The molecule has 0 amide bonds. The molecule has 4 nitrogen and oxygen atoms in total. The number of halogens is 3. The highest BCUT2D eigenvalue weighted by atomic mass is 79.9. The van der Waals surface area contributed by atoms with Gasteiger partial charge in [-0.3, -0.25) is 0 Å². The summed E-state index contributed by atoms with van der Waals surface area (Å²) in [5.41, 5.74) is 0.337. The van der Waals surface area contributed by atoms with E-state index in [0.717, 1.165) is 12.1 Å². The van der Waals surface area contributed by atoms with E-state index in [1.54, 1.807) is 6.92 Å². The predicted molar refractivity (Wildman–Crippen MR) is 73.3 cm³/mol. The summed E-state index contributed by atoms with van der Waals surface area (Å²) in [4.78, 5) is 15.0. The molecule has 0 saturated carbocycles. The van der Waals surface area contributed by atoms with E-state index in [-0.39, 0.29) is 21.5 Å². The highest BCUT2D eigenvalue weighted by Gasteiger charge is 2.11. The van der Waals surface area contributed by atoms with E-state index in [2.05, 4.69) is 26.2 Å². The number of anilines is 2. The van der Waals surface area contributed by atoms with E-state index in [0.29, 0.717) is 5.69 Å². The van der Waals surface area contributed by atoms with Crippen LogP contribution in [0.3, 0.4) is 0 Å². The van der Waals surface area contributed by atoms with Crippen LogP contribution in [0.1, 0.15) is 16.1 Å². The summed E-state index contributed by atoms with van der Waals surface area (Å²) in [7, 11) is 0. The van der Waals surface area contributed by atoms with Crippen LogP contribution in [0.4, 0.5) is 20.3 Å². The summed E-state index contributed by atoms with van der Waals surface area (Å²) in [5, 5.41) is 11.5. The zero-order valence-corrected chi connectivity index (χ0v) is 11.8. The Morgan fingerprint density at radius 3 is 2.60 bits per heavy atom. The van der Waals surface area contributed by atoms with Gasteiger partial charge in [-0.15, -0.1) is 0 Å². The maximum absolute atomic E-state index is 13.7. The minimum atomic E-state index is -1.12. The van der Waals surface area contributed by atoms with Gasteiger partial charge in [-0.25, -0.2) is 18.6 Å². The molecule has 0 aliphatic carbocycles. The Morgan fingerprint density at radius 1 is 1.25 bits per heavy atom. The zero-order chi connectivity index (χ0) is 14.9. The van der Waals surface area contributed by atoms with Gasteiger partial charge in [0, 0.05) is 11.8 Å². The second-order valence-corrected chi connectivity index (χ2v) is 4.91. The molecule has 1 heterocycles. The van der Waals surface area contributed by atoms with Crippen molar-refractivity contribution in [2.45, 2.75) is 6.92 Å². The van der Waals surface area contributed by atoms with Gasteiger partial charge in [-0.05, 0) is 41.1 Å². The standard InChI is InChI=1S/C13H9BrF2N2O2/c1-6-2-7(13(19)20)3-12(17-6)18-11-5-9(15)8(14)4-10(11)16/h2-5H,1H3,(H,17,18)(H,19,20). The maximum atomic E-state index is 13.7. The van der Waals surface area contributed by atoms with Gasteiger partial charge in [0.25, 0.3) is 0 Å². The molecule has 2 N–H and O–H groups in total. The zero-order valence-electron chi connectivity index (χ0n) is 10.2. The smallest absolute Gasteiger partial charge is 0.335 e. The van der Waals surface area contributed by atoms with E-state index < -0.39 is 17.6 Å². The lowest BCUT2D eigenvalue weighted by Gasteiger charge is -2.09. The SMILES string of the molecule is Cc1cc(C(=O)O)cc(Nc2cc(F)c(Br)cc2F)n1. The monoisotopic (exact) mass is 342 g/mol. The van der Waals surface area contributed by atoms with Gasteiger partial charge in [0.2, 0.25) is 0 Å². The van der Waals surface area contributed by atoms with Crippen LogP contribution in [0.25, 0.3) is 0 Å². The molecule has 0 aliphatic rings. The molecule has 2 rings (SSSR count). The maximum Gasteiger partial charge on any atom is 0.335 e.